The summed E-state index contributed by atoms with van der Waals surface area (Å²) in [7, 11) is 0. The molecule has 4 aromatic heterocycles. The minimum absolute atomic E-state index is 0.00916. The average molecular weight is 571 g/mol. The van der Waals surface area contributed by atoms with Gasteiger partial charge in [0, 0.05) is 13.1 Å². The molecule has 4 rings (SSSR count). The number of alkyl halides is 6. The van der Waals surface area contributed by atoms with Gasteiger partial charge in [0.15, 0.2) is 22.7 Å². The third-order valence-electron chi connectivity index (χ3n) is 5.05. The zero-order chi connectivity index (χ0) is 26.4. The molecule has 0 saturated heterocycles. The zero-order valence-corrected chi connectivity index (χ0v) is 20.3. The van der Waals surface area contributed by atoms with E-state index < -0.39 is 40.4 Å². The summed E-state index contributed by atoms with van der Waals surface area (Å²) in [5.74, 6) is -0.873. The molecule has 0 spiro atoms. The van der Waals surface area contributed by atoms with Crippen LogP contribution < -0.4 is 5.32 Å². The summed E-state index contributed by atoms with van der Waals surface area (Å²) in [5.41, 5.74) is -3.08. The minimum atomic E-state index is -4.81. The Bertz CT molecular complexity index is 1430. The molecule has 4 heterocycles. The fourth-order valence-electron chi connectivity index (χ4n) is 3.33. The Hall–Kier alpha value is -2.84. The van der Waals surface area contributed by atoms with Crippen molar-refractivity contribution < 1.29 is 31.1 Å². The van der Waals surface area contributed by atoms with Gasteiger partial charge < -0.3 is 5.32 Å². The van der Waals surface area contributed by atoms with E-state index in [1.807, 2.05) is 0 Å². The maximum absolute atomic E-state index is 13.7. The number of thiophene rings is 1. The molecule has 0 aliphatic heterocycles. The quantitative estimate of drug-likeness (QED) is 0.223. The lowest BCUT2D eigenvalue weighted by atomic mass is 10.2. The van der Waals surface area contributed by atoms with E-state index in [1.165, 1.54) is 18.3 Å². The Morgan fingerprint density at radius 3 is 2.42 bits per heavy atom. The maximum Gasteiger partial charge on any atom is 0.436 e. The highest BCUT2D eigenvalue weighted by molar-refractivity contribution is 7.13. The monoisotopic (exact) mass is 570 g/mol. The number of nitrogens with zero attached hydrogens (tertiary/aromatic N) is 5. The molecular weight excluding hydrogens is 557 g/mol. The molecule has 0 aliphatic rings. The van der Waals surface area contributed by atoms with Crippen LogP contribution in [0.25, 0.3) is 16.2 Å². The first kappa shape index (κ1) is 26.2. The second-order valence-corrected chi connectivity index (χ2v) is 9.18. The van der Waals surface area contributed by atoms with E-state index in [0.717, 1.165) is 10.7 Å². The van der Waals surface area contributed by atoms with Gasteiger partial charge in [0.05, 0.1) is 21.3 Å². The van der Waals surface area contributed by atoms with Crippen LogP contribution in [0, 0.1) is 6.92 Å². The molecule has 36 heavy (non-hydrogen) atoms. The summed E-state index contributed by atoms with van der Waals surface area (Å²) < 4.78 is 81.5. The Morgan fingerprint density at radius 1 is 1.11 bits per heavy atom. The number of amides is 1. The van der Waals surface area contributed by atoms with Gasteiger partial charge in [-0.05, 0) is 30.9 Å². The minimum Gasteiger partial charge on any atom is -0.351 e. The predicted octanol–water partition coefficient (Wildman–Crippen LogP) is 6.13. The van der Waals surface area contributed by atoms with Gasteiger partial charge in [0.1, 0.15) is 5.02 Å². The van der Waals surface area contributed by atoms with Gasteiger partial charge >= 0.3 is 12.4 Å². The van der Waals surface area contributed by atoms with Crippen molar-refractivity contribution in [2.75, 3.05) is 6.54 Å². The largest absolute Gasteiger partial charge is 0.436 e. The SMILES string of the molecule is Cc1c(Cl)c(C(F)(F)F)nn1CCCNC(=O)c1nn2c(C(F)(F)F)cc(-c3cccs3)nc2c1Cl. The standard InChI is InChI=1S/C20H14Cl2F6N6OS/c1-9-13(21)16(20(26,27)28)32-33(9)6-3-5-29-18(35)15-14(22)17-30-10(11-4-2-7-36-11)8-12(19(23,24)25)34(17)31-15/h2,4,7-8H,3,5-6H2,1H3,(H,29,35). The van der Waals surface area contributed by atoms with Crippen LogP contribution in [0.2, 0.25) is 10.0 Å². The summed E-state index contributed by atoms with van der Waals surface area (Å²) in [6.45, 7) is 1.31. The number of carbonyl (C=O) groups is 1. The van der Waals surface area contributed by atoms with Crippen LogP contribution in [0.3, 0.4) is 0 Å². The van der Waals surface area contributed by atoms with Crippen molar-refractivity contribution in [3.63, 3.8) is 0 Å². The van der Waals surface area contributed by atoms with Crippen molar-refractivity contribution in [2.45, 2.75) is 32.2 Å². The summed E-state index contributed by atoms with van der Waals surface area (Å²) in [5, 5.41) is 10.4. The van der Waals surface area contributed by atoms with E-state index in [-0.39, 0.29) is 41.6 Å². The lowest BCUT2D eigenvalue weighted by Crippen LogP contribution is -2.26. The lowest BCUT2D eigenvalue weighted by Gasteiger charge is -2.10. The smallest absolute Gasteiger partial charge is 0.351 e. The van der Waals surface area contributed by atoms with Gasteiger partial charge in [0.2, 0.25) is 0 Å². The van der Waals surface area contributed by atoms with Crippen LogP contribution in [-0.2, 0) is 18.9 Å². The first-order chi connectivity index (χ1) is 16.8. The van der Waals surface area contributed by atoms with E-state index >= 15 is 0 Å². The second kappa shape index (κ2) is 9.56. The molecule has 0 unspecified atom stereocenters. The number of fused-ring (bicyclic) bond motifs is 1. The number of rotatable bonds is 6. The number of halogens is 8. The Kier molecular flexibility index (Phi) is 6.96. The Morgan fingerprint density at radius 2 is 1.83 bits per heavy atom. The first-order valence-corrected chi connectivity index (χ1v) is 11.7. The number of hydrogen-bond donors (Lipinski definition) is 1. The lowest BCUT2D eigenvalue weighted by molar-refractivity contribution is -0.143. The van der Waals surface area contributed by atoms with Crippen molar-refractivity contribution in [2.24, 2.45) is 0 Å². The third-order valence-corrected chi connectivity index (χ3v) is 6.74. The first-order valence-electron chi connectivity index (χ1n) is 10.1. The molecule has 1 amide bonds. The normalized spacial score (nSPS) is 12.5. The predicted molar refractivity (Wildman–Crippen MR) is 120 cm³/mol. The highest BCUT2D eigenvalue weighted by Gasteiger charge is 2.38. The number of carbonyl (C=O) groups excluding carboxylic acids is 1. The van der Waals surface area contributed by atoms with Gasteiger partial charge in [-0.15, -0.1) is 11.3 Å². The van der Waals surface area contributed by atoms with E-state index in [9.17, 15) is 31.1 Å². The van der Waals surface area contributed by atoms with Crippen LogP contribution in [0.15, 0.2) is 23.6 Å². The highest BCUT2D eigenvalue weighted by atomic mass is 35.5. The van der Waals surface area contributed by atoms with E-state index in [0.29, 0.717) is 9.39 Å². The average Bonchev–Trinajstić information content (AvgIpc) is 3.50. The Labute approximate surface area is 212 Å². The molecule has 0 fully saturated rings. The van der Waals surface area contributed by atoms with Gasteiger partial charge in [-0.3, -0.25) is 9.48 Å². The third kappa shape index (κ3) is 5.02. The van der Waals surface area contributed by atoms with Crippen molar-refractivity contribution in [3.05, 3.63) is 56.4 Å². The number of nitrogens with one attached hydrogen (secondary N) is 1. The summed E-state index contributed by atoms with van der Waals surface area (Å²) >= 11 is 13.1. The van der Waals surface area contributed by atoms with Crippen LogP contribution in [0.1, 0.15) is 34.0 Å². The summed E-state index contributed by atoms with van der Waals surface area (Å²) in [6, 6.07) is 4.06. The van der Waals surface area contributed by atoms with Gasteiger partial charge in [0.25, 0.3) is 5.91 Å². The molecule has 0 radical (unpaired) electrons. The molecule has 0 atom stereocenters. The van der Waals surface area contributed by atoms with Crippen molar-refractivity contribution in [1.82, 2.24) is 29.7 Å². The van der Waals surface area contributed by atoms with E-state index in [4.69, 9.17) is 23.2 Å². The van der Waals surface area contributed by atoms with Crippen LogP contribution in [-0.4, -0.2) is 36.8 Å². The number of hydrogen-bond acceptors (Lipinski definition) is 5. The molecule has 4 aromatic rings. The molecule has 1 N–H and O–H groups in total. The number of aromatic nitrogens is 5. The molecule has 0 bridgehead atoms. The van der Waals surface area contributed by atoms with Crippen LogP contribution >= 0.6 is 34.5 Å². The summed E-state index contributed by atoms with van der Waals surface area (Å²) in [4.78, 5) is 17.2. The molecule has 0 saturated carbocycles. The number of aryl methyl sites for hydroxylation is 1. The van der Waals surface area contributed by atoms with Crippen LogP contribution in [0.4, 0.5) is 26.3 Å². The fourth-order valence-corrected chi connectivity index (χ4v) is 4.50. The van der Waals surface area contributed by atoms with Gasteiger partial charge in [-0.25, -0.2) is 9.50 Å². The summed E-state index contributed by atoms with van der Waals surface area (Å²) in [6.07, 6.45) is -9.39. The molecule has 192 valence electrons. The molecule has 7 nitrogen and oxygen atoms in total. The Balaban J connectivity index is 1.53. The molecule has 0 aliphatic carbocycles. The second-order valence-electron chi connectivity index (χ2n) is 7.48. The fraction of sp³-hybridized carbons (Fsp3) is 0.300. The van der Waals surface area contributed by atoms with E-state index in [2.05, 4.69) is 20.5 Å². The van der Waals surface area contributed by atoms with Gasteiger partial charge in [-0.1, -0.05) is 29.3 Å². The highest BCUT2D eigenvalue weighted by Crippen LogP contribution is 2.36. The molecule has 0 aromatic carbocycles. The van der Waals surface area contributed by atoms with E-state index in [1.54, 1.807) is 17.5 Å². The molecular formula is C20H14Cl2F6N6OS. The topological polar surface area (TPSA) is 77.1 Å². The van der Waals surface area contributed by atoms with Crippen molar-refractivity contribution in [3.8, 4) is 10.6 Å². The maximum atomic E-state index is 13.7. The van der Waals surface area contributed by atoms with Crippen LogP contribution in [0.5, 0.6) is 0 Å². The van der Waals surface area contributed by atoms with Gasteiger partial charge in [-0.2, -0.15) is 36.5 Å². The van der Waals surface area contributed by atoms with Crippen molar-refractivity contribution >= 4 is 46.1 Å². The van der Waals surface area contributed by atoms with Crippen molar-refractivity contribution in [1.29, 1.82) is 0 Å². The molecule has 16 heteroatoms. The zero-order valence-electron chi connectivity index (χ0n) is 18.0.